The molecule has 0 aliphatic rings. The van der Waals surface area contributed by atoms with Crippen molar-refractivity contribution in [1.82, 2.24) is 5.16 Å². The molecule has 26 heavy (non-hydrogen) atoms. The SMILES string of the molecule is CCC(C)Sc1onc(-c2ccccc2)c1-c1ccc(S(N)(=O)=O)cc1. The van der Waals surface area contributed by atoms with Gasteiger partial charge in [-0.05, 0) is 24.1 Å². The Morgan fingerprint density at radius 3 is 2.31 bits per heavy atom. The van der Waals surface area contributed by atoms with Crippen molar-refractivity contribution in [3.8, 4) is 22.4 Å². The Balaban J connectivity index is 2.12. The second-order valence-electron chi connectivity index (χ2n) is 5.97. The molecule has 1 atom stereocenters. The number of nitrogens with two attached hydrogens (primary N) is 1. The van der Waals surface area contributed by atoms with Gasteiger partial charge in [-0.1, -0.05) is 73.2 Å². The Bertz CT molecular complexity index is 981. The van der Waals surface area contributed by atoms with Gasteiger partial charge >= 0.3 is 0 Å². The second-order valence-corrected chi connectivity index (χ2v) is 8.94. The molecular formula is C19H20N2O3S2. The fraction of sp³-hybridized carbons (Fsp3) is 0.211. The highest BCUT2D eigenvalue weighted by atomic mass is 32.2. The van der Waals surface area contributed by atoms with Crippen LogP contribution in [0, 0.1) is 0 Å². The number of benzene rings is 2. The number of hydrogen-bond donors (Lipinski definition) is 1. The lowest BCUT2D eigenvalue weighted by Crippen LogP contribution is -2.11. The monoisotopic (exact) mass is 388 g/mol. The highest BCUT2D eigenvalue weighted by molar-refractivity contribution is 7.99. The van der Waals surface area contributed by atoms with Gasteiger partial charge in [0.05, 0.1) is 10.5 Å². The average Bonchev–Trinajstić information content (AvgIpc) is 3.05. The highest BCUT2D eigenvalue weighted by Gasteiger charge is 2.21. The summed E-state index contributed by atoms with van der Waals surface area (Å²) in [5.41, 5.74) is 3.38. The smallest absolute Gasteiger partial charge is 0.238 e. The predicted molar refractivity (Wildman–Crippen MR) is 104 cm³/mol. The summed E-state index contributed by atoms with van der Waals surface area (Å²) in [5.74, 6) is 0. The van der Waals surface area contributed by atoms with Gasteiger partial charge in [-0.25, -0.2) is 13.6 Å². The van der Waals surface area contributed by atoms with Gasteiger partial charge in [0.25, 0.3) is 0 Å². The number of thioether (sulfide) groups is 1. The van der Waals surface area contributed by atoms with Crippen molar-refractivity contribution in [2.45, 2.75) is 35.5 Å². The minimum atomic E-state index is -3.73. The van der Waals surface area contributed by atoms with E-state index in [0.717, 1.165) is 33.9 Å². The Kier molecular flexibility index (Phi) is 5.50. The van der Waals surface area contributed by atoms with Crippen LogP contribution in [0.3, 0.4) is 0 Å². The maximum absolute atomic E-state index is 11.5. The number of aromatic nitrogens is 1. The van der Waals surface area contributed by atoms with Crippen molar-refractivity contribution < 1.29 is 12.9 Å². The van der Waals surface area contributed by atoms with Crippen LogP contribution in [0.2, 0.25) is 0 Å². The van der Waals surface area contributed by atoms with Crippen LogP contribution < -0.4 is 5.14 Å². The van der Waals surface area contributed by atoms with Gasteiger partial charge in [-0.3, -0.25) is 0 Å². The van der Waals surface area contributed by atoms with E-state index in [1.807, 2.05) is 30.3 Å². The molecule has 0 amide bonds. The fourth-order valence-corrected chi connectivity index (χ4v) is 3.94. The quantitative estimate of drug-likeness (QED) is 0.626. The zero-order valence-electron chi connectivity index (χ0n) is 14.5. The summed E-state index contributed by atoms with van der Waals surface area (Å²) in [6.45, 7) is 4.25. The molecule has 1 heterocycles. The standard InChI is InChI=1S/C19H20N2O3S2/c1-3-13(2)25-19-17(14-9-11-16(12-10-14)26(20,22)23)18(21-24-19)15-7-5-4-6-8-15/h4-13H,3H2,1-2H3,(H2,20,22,23). The molecule has 0 aliphatic heterocycles. The topological polar surface area (TPSA) is 86.2 Å². The Hall–Kier alpha value is -2.09. The van der Waals surface area contributed by atoms with Gasteiger partial charge < -0.3 is 4.52 Å². The molecule has 0 radical (unpaired) electrons. The molecule has 0 bridgehead atoms. The molecule has 3 aromatic rings. The minimum Gasteiger partial charge on any atom is -0.349 e. The summed E-state index contributed by atoms with van der Waals surface area (Å²) in [7, 11) is -3.73. The molecule has 2 N–H and O–H groups in total. The molecule has 5 nitrogen and oxygen atoms in total. The van der Waals surface area contributed by atoms with E-state index in [2.05, 4.69) is 19.0 Å². The third kappa shape index (κ3) is 4.00. The van der Waals surface area contributed by atoms with Crippen LogP contribution in [0.4, 0.5) is 0 Å². The molecule has 7 heteroatoms. The Labute approximate surface area is 157 Å². The van der Waals surface area contributed by atoms with Gasteiger partial charge in [0.1, 0.15) is 5.69 Å². The minimum absolute atomic E-state index is 0.0788. The zero-order valence-corrected chi connectivity index (χ0v) is 16.2. The molecule has 1 aromatic heterocycles. The van der Waals surface area contributed by atoms with Gasteiger partial charge in [0.2, 0.25) is 15.1 Å². The van der Waals surface area contributed by atoms with Crippen LogP contribution in [-0.4, -0.2) is 18.8 Å². The van der Waals surface area contributed by atoms with Crippen LogP contribution >= 0.6 is 11.8 Å². The largest absolute Gasteiger partial charge is 0.349 e. The van der Waals surface area contributed by atoms with Gasteiger partial charge in [-0.2, -0.15) is 0 Å². The number of sulfonamides is 1. The molecule has 0 saturated heterocycles. The van der Waals surface area contributed by atoms with Crippen LogP contribution in [0.5, 0.6) is 0 Å². The first-order valence-electron chi connectivity index (χ1n) is 8.25. The number of hydrogen-bond acceptors (Lipinski definition) is 5. The highest BCUT2D eigenvalue weighted by Crippen LogP contribution is 2.41. The Morgan fingerprint density at radius 2 is 1.73 bits per heavy atom. The zero-order chi connectivity index (χ0) is 18.7. The molecule has 0 aliphatic carbocycles. The molecule has 0 fully saturated rings. The Morgan fingerprint density at radius 1 is 1.08 bits per heavy atom. The van der Waals surface area contributed by atoms with E-state index < -0.39 is 10.0 Å². The van der Waals surface area contributed by atoms with Crippen LogP contribution in [0.25, 0.3) is 22.4 Å². The third-order valence-electron chi connectivity index (χ3n) is 4.06. The summed E-state index contributed by atoms with van der Waals surface area (Å²) in [6.07, 6.45) is 0.996. The molecule has 0 saturated carbocycles. The van der Waals surface area contributed by atoms with E-state index in [1.165, 1.54) is 12.1 Å². The van der Waals surface area contributed by atoms with Crippen LogP contribution in [0.1, 0.15) is 20.3 Å². The third-order valence-corrected chi connectivity index (χ3v) is 6.22. The van der Waals surface area contributed by atoms with E-state index in [0.29, 0.717) is 5.25 Å². The average molecular weight is 389 g/mol. The van der Waals surface area contributed by atoms with Crippen molar-refractivity contribution >= 4 is 21.8 Å². The summed E-state index contributed by atoms with van der Waals surface area (Å²) in [6, 6.07) is 16.3. The van der Waals surface area contributed by atoms with Crippen molar-refractivity contribution in [2.24, 2.45) is 5.14 Å². The maximum atomic E-state index is 11.5. The van der Waals surface area contributed by atoms with Crippen molar-refractivity contribution in [1.29, 1.82) is 0 Å². The number of nitrogens with zero attached hydrogens (tertiary/aromatic N) is 1. The molecule has 2 aromatic carbocycles. The van der Waals surface area contributed by atoms with E-state index in [9.17, 15) is 8.42 Å². The first-order valence-corrected chi connectivity index (χ1v) is 10.7. The van der Waals surface area contributed by atoms with E-state index in [1.54, 1.807) is 23.9 Å². The summed E-state index contributed by atoms with van der Waals surface area (Å²) in [5, 5.41) is 10.6. The molecule has 1 unspecified atom stereocenters. The van der Waals surface area contributed by atoms with Crippen molar-refractivity contribution in [2.75, 3.05) is 0 Å². The van der Waals surface area contributed by atoms with Crippen LogP contribution in [0.15, 0.2) is 69.1 Å². The number of rotatable bonds is 6. The summed E-state index contributed by atoms with van der Waals surface area (Å²) >= 11 is 1.62. The lowest BCUT2D eigenvalue weighted by molar-refractivity contribution is 0.352. The molecule has 0 spiro atoms. The second kappa shape index (κ2) is 7.65. The van der Waals surface area contributed by atoms with Crippen molar-refractivity contribution in [3.63, 3.8) is 0 Å². The molecule has 136 valence electrons. The van der Waals surface area contributed by atoms with Crippen LogP contribution in [-0.2, 0) is 10.0 Å². The van der Waals surface area contributed by atoms with Gasteiger partial charge in [0, 0.05) is 10.8 Å². The summed E-state index contributed by atoms with van der Waals surface area (Å²) in [4.78, 5) is 0.0788. The number of primary sulfonamides is 1. The lowest BCUT2D eigenvalue weighted by atomic mass is 10.0. The van der Waals surface area contributed by atoms with E-state index in [-0.39, 0.29) is 4.90 Å². The maximum Gasteiger partial charge on any atom is 0.238 e. The first-order chi connectivity index (χ1) is 12.4. The first kappa shape index (κ1) is 18.7. The fourth-order valence-electron chi connectivity index (χ4n) is 2.48. The van der Waals surface area contributed by atoms with Gasteiger partial charge in [0.15, 0.2) is 0 Å². The lowest BCUT2D eigenvalue weighted by Gasteiger charge is -2.08. The predicted octanol–water partition coefficient (Wildman–Crippen LogP) is 4.55. The van der Waals surface area contributed by atoms with Gasteiger partial charge in [-0.15, -0.1) is 0 Å². The van der Waals surface area contributed by atoms with E-state index >= 15 is 0 Å². The summed E-state index contributed by atoms with van der Waals surface area (Å²) < 4.78 is 28.7. The van der Waals surface area contributed by atoms with Crippen molar-refractivity contribution in [3.05, 3.63) is 54.6 Å². The molecular weight excluding hydrogens is 368 g/mol. The normalized spacial score (nSPS) is 12.9. The molecule has 3 rings (SSSR count). The van der Waals surface area contributed by atoms with E-state index in [4.69, 9.17) is 9.66 Å².